The molecule has 0 fully saturated rings. The molecular weight excluding hydrogens is 581 g/mol. The van der Waals surface area contributed by atoms with Crippen LogP contribution >= 0.6 is 0 Å². The molecule has 48 heavy (non-hydrogen) atoms. The molecule has 2 heteroatoms. The maximum atomic E-state index is 4.73. The maximum absolute atomic E-state index is 4.73. The van der Waals surface area contributed by atoms with Crippen LogP contribution in [0, 0.1) is 0 Å². The van der Waals surface area contributed by atoms with E-state index in [9.17, 15) is 0 Å². The molecule has 0 heterocycles. The predicted molar refractivity (Wildman–Crippen MR) is 214 cm³/mol. The fraction of sp³-hybridized carbons (Fsp3) is 0.565. The van der Waals surface area contributed by atoms with Crippen LogP contribution in [-0.2, 0) is 6.42 Å². The zero-order valence-electron chi connectivity index (χ0n) is 31.4. The van der Waals surface area contributed by atoms with Gasteiger partial charge in [-0.3, -0.25) is 0 Å². The Bertz CT molecular complexity index is 1350. The van der Waals surface area contributed by atoms with Gasteiger partial charge in [0.1, 0.15) is 0 Å². The Labute approximate surface area is 296 Å². The Kier molecular flexibility index (Phi) is 16.7. The summed E-state index contributed by atoms with van der Waals surface area (Å²) in [6.07, 6.45) is 31.7. The first-order valence-electron chi connectivity index (χ1n) is 20.1. The fourth-order valence-electron chi connectivity index (χ4n) is 7.88. The normalized spacial score (nSPS) is 13.7. The third-order valence-corrected chi connectivity index (χ3v) is 10.8. The second-order valence-electron chi connectivity index (χ2n) is 14.2. The molecule has 0 N–H and O–H groups in total. The first-order valence-corrected chi connectivity index (χ1v) is 20.1. The minimum Gasteiger partial charge on any atom is -0.372 e. The van der Waals surface area contributed by atoms with E-state index in [2.05, 4.69) is 98.2 Å². The molecule has 0 amide bonds. The summed E-state index contributed by atoms with van der Waals surface area (Å²) in [5.41, 5.74) is 12.2. The summed E-state index contributed by atoms with van der Waals surface area (Å²) >= 11 is 0. The lowest BCUT2D eigenvalue weighted by Crippen LogP contribution is -2.23. The minimum atomic E-state index is 0.993. The van der Waals surface area contributed by atoms with Crippen LogP contribution in [-0.4, -0.2) is 31.1 Å². The highest BCUT2D eigenvalue weighted by atomic mass is 15.1. The molecule has 4 rings (SSSR count). The van der Waals surface area contributed by atoms with Crippen LogP contribution in [0.2, 0.25) is 0 Å². The SMILES string of the molecule is C=C(c1ccccc1C1=C2C=CCC=C2Cc2cc(N(CC)CC)ccc21)N(CC)CCCCCCCCCCCCCCCCCC. The smallest absolute Gasteiger partial charge is 0.0372 e. The van der Waals surface area contributed by atoms with E-state index in [4.69, 9.17) is 6.58 Å². The second-order valence-corrected chi connectivity index (χ2v) is 14.2. The lowest BCUT2D eigenvalue weighted by molar-refractivity contribution is 0.398. The van der Waals surface area contributed by atoms with Gasteiger partial charge in [-0.1, -0.05) is 158 Å². The molecule has 0 spiro atoms. The van der Waals surface area contributed by atoms with Crippen LogP contribution in [0.25, 0.3) is 11.3 Å². The van der Waals surface area contributed by atoms with Crippen LogP contribution in [0.5, 0.6) is 0 Å². The number of fused-ring (bicyclic) bond motifs is 2. The highest BCUT2D eigenvalue weighted by Gasteiger charge is 2.26. The van der Waals surface area contributed by atoms with Crippen molar-refractivity contribution < 1.29 is 0 Å². The minimum absolute atomic E-state index is 0.993. The number of anilines is 1. The highest BCUT2D eigenvalue weighted by Crippen LogP contribution is 2.44. The van der Waals surface area contributed by atoms with E-state index in [0.29, 0.717) is 0 Å². The van der Waals surface area contributed by atoms with Gasteiger partial charge in [-0.15, -0.1) is 0 Å². The average molecular weight is 649 g/mol. The van der Waals surface area contributed by atoms with E-state index >= 15 is 0 Å². The van der Waals surface area contributed by atoms with Gasteiger partial charge in [-0.25, -0.2) is 0 Å². The monoisotopic (exact) mass is 649 g/mol. The van der Waals surface area contributed by atoms with E-state index in [0.717, 1.165) is 39.0 Å². The number of benzene rings is 2. The van der Waals surface area contributed by atoms with Crippen molar-refractivity contribution >= 4 is 17.0 Å². The molecule has 0 radical (unpaired) electrons. The van der Waals surface area contributed by atoms with Gasteiger partial charge in [-0.05, 0) is 85.6 Å². The molecule has 2 nitrogen and oxygen atoms in total. The van der Waals surface area contributed by atoms with E-state index in [1.165, 1.54) is 153 Å². The molecule has 0 bridgehead atoms. The summed E-state index contributed by atoms with van der Waals surface area (Å²) < 4.78 is 0. The Balaban J connectivity index is 1.30. The largest absolute Gasteiger partial charge is 0.372 e. The standard InChI is InChI=1S/C46H68N2/c1-6-10-11-12-13-14-15-16-17-18-19-20-21-22-23-28-35-48(9-4)38(5)42-30-26-27-32-45(42)46-43-31-25-24-29-39(43)36-40-37-41(33-34-44(40)46)47(7-2)8-3/h25-27,29-34,37H,5-24,28,35-36H2,1-4H3. The van der Waals surface area contributed by atoms with Crippen molar-refractivity contribution in [1.82, 2.24) is 4.90 Å². The zero-order chi connectivity index (χ0) is 34.0. The quantitative estimate of drug-likeness (QED) is 0.105. The first-order chi connectivity index (χ1) is 23.6. The van der Waals surface area contributed by atoms with E-state index in [-0.39, 0.29) is 0 Å². The molecule has 262 valence electrons. The van der Waals surface area contributed by atoms with Crippen LogP contribution in [0.1, 0.15) is 159 Å². The fourth-order valence-corrected chi connectivity index (χ4v) is 7.88. The van der Waals surface area contributed by atoms with Crippen LogP contribution in [0.4, 0.5) is 5.69 Å². The molecule has 0 saturated carbocycles. The molecule has 0 aromatic heterocycles. The predicted octanol–water partition coefficient (Wildman–Crippen LogP) is 13.3. The summed E-state index contributed by atoms with van der Waals surface area (Å²) in [6, 6.07) is 16.2. The van der Waals surface area contributed by atoms with Gasteiger partial charge in [0.15, 0.2) is 0 Å². The number of rotatable bonds is 24. The highest BCUT2D eigenvalue weighted by molar-refractivity contribution is 5.94. The van der Waals surface area contributed by atoms with Crippen molar-refractivity contribution in [3.05, 3.63) is 101 Å². The first kappa shape index (κ1) is 37.8. The van der Waals surface area contributed by atoms with Crippen molar-refractivity contribution in [2.24, 2.45) is 0 Å². The van der Waals surface area contributed by atoms with Gasteiger partial charge in [0, 0.05) is 43.1 Å². The van der Waals surface area contributed by atoms with Crippen molar-refractivity contribution in [3.8, 4) is 0 Å². The molecule has 0 unspecified atom stereocenters. The lowest BCUT2D eigenvalue weighted by atomic mass is 9.76. The number of allylic oxidation sites excluding steroid dienone is 5. The zero-order valence-corrected chi connectivity index (χ0v) is 31.4. The van der Waals surface area contributed by atoms with E-state index < -0.39 is 0 Å². The Morgan fingerprint density at radius 3 is 1.88 bits per heavy atom. The van der Waals surface area contributed by atoms with Crippen molar-refractivity contribution in [2.45, 2.75) is 143 Å². The third-order valence-electron chi connectivity index (χ3n) is 10.8. The van der Waals surface area contributed by atoms with Crippen molar-refractivity contribution in [1.29, 1.82) is 0 Å². The molecular formula is C46H68N2. The number of unbranched alkanes of at least 4 members (excludes halogenated alkanes) is 15. The van der Waals surface area contributed by atoms with Crippen molar-refractivity contribution in [3.63, 3.8) is 0 Å². The number of hydrogen-bond acceptors (Lipinski definition) is 2. The summed E-state index contributed by atoms with van der Waals surface area (Å²) in [6.45, 7) is 18.0. The molecule has 0 aliphatic heterocycles. The molecule has 0 atom stereocenters. The summed E-state index contributed by atoms with van der Waals surface area (Å²) in [5.74, 6) is 0. The lowest BCUT2D eigenvalue weighted by Gasteiger charge is -2.31. The number of hydrogen-bond donors (Lipinski definition) is 0. The Morgan fingerprint density at radius 1 is 0.667 bits per heavy atom. The molecule has 2 aromatic rings. The third kappa shape index (κ3) is 10.8. The van der Waals surface area contributed by atoms with Gasteiger partial charge in [-0.2, -0.15) is 0 Å². The summed E-state index contributed by atoms with van der Waals surface area (Å²) in [5, 5.41) is 0. The maximum Gasteiger partial charge on any atom is 0.0372 e. The molecule has 2 aliphatic rings. The topological polar surface area (TPSA) is 6.48 Å². The van der Waals surface area contributed by atoms with Gasteiger partial charge in [0.25, 0.3) is 0 Å². The Hall–Kier alpha value is -3.00. The van der Waals surface area contributed by atoms with Gasteiger partial charge >= 0.3 is 0 Å². The molecule has 2 aromatic carbocycles. The number of nitrogens with zero attached hydrogens (tertiary/aromatic N) is 2. The van der Waals surface area contributed by atoms with Crippen LogP contribution in [0.15, 0.2) is 78.4 Å². The van der Waals surface area contributed by atoms with Gasteiger partial charge in [0.2, 0.25) is 0 Å². The van der Waals surface area contributed by atoms with Crippen LogP contribution in [0.3, 0.4) is 0 Å². The second kappa shape index (κ2) is 21.2. The van der Waals surface area contributed by atoms with Crippen molar-refractivity contribution in [2.75, 3.05) is 31.1 Å². The Morgan fingerprint density at radius 2 is 1.27 bits per heavy atom. The average Bonchev–Trinajstić information content (AvgIpc) is 3.12. The summed E-state index contributed by atoms with van der Waals surface area (Å²) in [4.78, 5) is 4.98. The van der Waals surface area contributed by atoms with Gasteiger partial charge < -0.3 is 9.80 Å². The van der Waals surface area contributed by atoms with E-state index in [1.54, 1.807) is 0 Å². The van der Waals surface area contributed by atoms with E-state index in [1.807, 2.05) is 0 Å². The molecule has 2 aliphatic carbocycles. The van der Waals surface area contributed by atoms with Crippen LogP contribution < -0.4 is 4.90 Å². The van der Waals surface area contributed by atoms with Gasteiger partial charge in [0.05, 0.1) is 0 Å². The summed E-state index contributed by atoms with van der Waals surface area (Å²) in [7, 11) is 0. The molecule has 0 saturated heterocycles.